The molecule has 3 rings (SSSR count). The van der Waals surface area contributed by atoms with Crippen LogP contribution in [0, 0.1) is 0 Å². The van der Waals surface area contributed by atoms with Gasteiger partial charge in [0.05, 0.1) is 0 Å². The maximum atomic E-state index is 13.0. The van der Waals surface area contributed by atoms with Crippen molar-refractivity contribution in [1.29, 1.82) is 0 Å². The molecular formula is C23H27F3N4O3. The molecule has 178 valence electrons. The zero-order valence-corrected chi connectivity index (χ0v) is 18.5. The Morgan fingerprint density at radius 3 is 2.21 bits per heavy atom. The molecule has 0 unspecified atom stereocenters. The average Bonchev–Trinajstić information content (AvgIpc) is 2.73. The maximum absolute atomic E-state index is 13.0. The number of rotatable bonds is 7. The van der Waals surface area contributed by atoms with E-state index in [0.29, 0.717) is 37.4 Å². The van der Waals surface area contributed by atoms with Crippen LogP contribution < -0.4 is 15.4 Å². The minimum Gasteiger partial charge on any atom is -0.406 e. The van der Waals surface area contributed by atoms with Gasteiger partial charge in [0.2, 0.25) is 5.91 Å². The average molecular weight is 464 g/mol. The Bertz CT molecular complexity index is 972. The summed E-state index contributed by atoms with van der Waals surface area (Å²) in [5.74, 6) is -0.600. The van der Waals surface area contributed by atoms with Crippen LogP contribution in [0.1, 0.15) is 28.4 Å². The number of hydrogen-bond acceptors (Lipinski definition) is 5. The molecule has 0 aromatic heterocycles. The number of halogens is 3. The van der Waals surface area contributed by atoms with Crippen LogP contribution in [0.15, 0.2) is 42.5 Å². The molecule has 2 N–H and O–H groups in total. The molecule has 0 atom stereocenters. The fourth-order valence-corrected chi connectivity index (χ4v) is 3.55. The van der Waals surface area contributed by atoms with Crippen molar-refractivity contribution in [3.8, 4) is 5.75 Å². The fourth-order valence-electron chi connectivity index (χ4n) is 3.55. The fraction of sp³-hybridized carbons (Fsp3) is 0.391. The highest BCUT2D eigenvalue weighted by atomic mass is 19.4. The van der Waals surface area contributed by atoms with Gasteiger partial charge in [-0.05, 0) is 48.5 Å². The Balaban J connectivity index is 1.65. The van der Waals surface area contributed by atoms with E-state index in [9.17, 15) is 22.8 Å². The Kier molecular flexibility index (Phi) is 7.93. The lowest BCUT2D eigenvalue weighted by molar-refractivity contribution is -0.274. The Hall–Kier alpha value is -3.11. The van der Waals surface area contributed by atoms with E-state index < -0.39 is 6.36 Å². The van der Waals surface area contributed by atoms with E-state index in [1.807, 2.05) is 7.05 Å². The smallest absolute Gasteiger partial charge is 0.406 e. The van der Waals surface area contributed by atoms with Crippen molar-refractivity contribution in [2.24, 2.45) is 0 Å². The Morgan fingerprint density at radius 2 is 1.61 bits per heavy atom. The van der Waals surface area contributed by atoms with Gasteiger partial charge in [0.25, 0.3) is 5.91 Å². The van der Waals surface area contributed by atoms with Crippen LogP contribution in [-0.4, -0.2) is 61.2 Å². The molecule has 0 saturated carbocycles. The number of hydrogen-bond donors (Lipinski definition) is 2. The monoisotopic (exact) mass is 464 g/mol. The van der Waals surface area contributed by atoms with Crippen LogP contribution in [0.4, 0.5) is 18.9 Å². The summed E-state index contributed by atoms with van der Waals surface area (Å²) in [4.78, 5) is 28.5. The highest BCUT2D eigenvalue weighted by Crippen LogP contribution is 2.23. The number of benzene rings is 2. The number of likely N-dealkylation sites (N-methyl/N-ethyl adjacent to an activating group) is 1. The van der Waals surface area contributed by atoms with E-state index in [0.717, 1.165) is 24.2 Å². The summed E-state index contributed by atoms with van der Waals surface area (Å²) in [7, 11) is 2.01. The minimum atomic E-state index is -4.72. The van der Waals surface area contributed by atoms with Gasteiger partial charge in [0, 0.05) is 57.4 Å². The highest BCUT2D eigenvalue weighted by Gasteiger charge is 2.31. The quantitative estimate of drug-likeness (QED) is 0.658. The summed E-state index contributed by atoms with van der Waals surface area (Å²) in [6.45, 7) is 5.09. The Morgan fingerprint density at radius 1 is 0.970 bits per heavy atom. The summed E-state index contributed by atoms with van der Waals surface area (Å²) >= 11 is 0. The molecule has 10 heteroatoms. The number of piperazine rings is 1. The van der Waals surface area contributed by atoms with Gasteiger partial charge in [-0.1, -0.05) is 12.1 Å². The Labute approximate surface area is 190 Å². The first-order valence-electron chi connectivity index (χ1n) is 10.5. The van der Waals surface area contributed by atoms with E-state index in [4.69, 9.17) is 0 Å². The SMILES string of the molecule is CC(=O)Nc1cc(CNCc2ccc(OC(F)(F)F)cc2)cc(C(=O)N2CCN(C)CC2)c1. The van der Waals surface area contributed by atoms with Crippen LogP contribution in [0.2, 0.25) is 0 Å². The van der Waals surface area contributed by atoms with Crippen molar-refractivity contribution in [2.75, 3.05) is 38.5 Å². The lowest BCUT2D eigenvalue weighted by Gasteiger charge is -2.32. The first-order valence-corrected chi connectivity index (χ1v) is 10.5. The second-order valence-corrected chi connectivity index (χ2v) is 7.99. The largest absolute Gasteiger partial charge is 0.573 e. The molecule has 7 nitrogen and oxygen atoms in total. The maximum Gasteiger partial charge on any atom is 0.573 e. The molecule has 2 aromatic carbocycles. The second-order valence-electron chi connectivity index (χ2n) is 7.99. The van der Waals surface area contributed by atoms with Crippen LogP contribution in [0.5, 0.6) is 5.75 Å². The molecule has 1 aliphatic rings. The van der Waals surface area contributed by atoms with Gasteiger partial charge in [-0.2, -0.15) is 0 Å². The third-order valence-electron chi connectivity index (χ3n) is 5.17. The molecule has 1 fully saturated rings. The van der Waals surface area contributed by atoms with E-state index in [-0.39, 0.29) is 17.6 Å². The van der Waals surface area contributed by atoms with E-state index in [1.165, 1.54) is 19.1 Å². The van der Waals surface area contributed by atoms with Gasteiger partial charge in [-0.3, -0.25) is 9.59 Å². The highest BCUT2D eigenvalue weighted by molar-refractivity contribution is 5.97. The number of carbonyl (C=O) groups excluding carboxylic acids is 2. The molecule has 2 aromatic rings. The van der Waals surface area contributed by atoms with Gasteiger partial charge >= 0.3 is 6.36 Å². The molecule has 2 amide bonds. The van der Waals surface area contributed by atoms with Crippen molar-refractivity contribution in [2.45, 2.75) is 26.4 Å². The third kappa shape index (κ3) is 7.76. The van der Waals surface area contributed by atoms with Crippen molar-refractivity contribution >= 4 is 17.5 Å². The zero-order chi connectivity index (χ0) is 24.0. The lowest BCUT2D eigenvalue weighted by Crippen LogP contribution is -2.47. The summed E-state index contributed by atoms with van der Waals surface area (Å²) in [6.07, 6.45) is -4.72. The number of amides is 2. The molecule has 0 aliphatic carbocycles. The van der Waals surface area contributed by atoms with Gasteiger partial charge in [0.15, 0.2) is 0 Å². The summed E-state index contributed by atoms with van der Waals surface area (Å²) in [5, 5.41) is 5.94. The summed E-state index contributed by atoms with van der Waals surface area (Å²) < 4.78 is 40.7. The van der Waals surface area contributed by atoms with Gasteiger partial charge in [0.1, 0.15) is 5.75 Å². The summed E-state index contributed by atoms with van der Waals surface area (Å²) in [5.41, 5.74) is 2.61. The first-order chi connectivity index (χ1) is 15.6. The van der Waals surface area contributed by atoms with Gasteiger partial charge in [-0.15, -0.1) is 13.2 Å². The molecule has 0 radical (unpaired) electrons. The van der Waals surface area contributed by atoms with Crippen LogP contribution >= 0.6 is 0 Å². The van der Waals surface area contributed by atoms with Crippen LogP contribution in [0.25, 0.3) is 0 Å². The molecule has 1 heterocycles. The topological polar surface area (TPSA) is 73.9 Å². The number of carbonyl (C=O) groups is 2. The lowest BCUT2D eigenvalue weighted by atomic mass is 10.1. The first kappa shape index (κ1) is 24.5. The van der Waals surface area contributed by atoms with E-state index in [2.05, 4.69) is 20.3 Å². The van der Waals surface area contributed by atoms with E-state index >= 15 is 0 Å². The normalized spacial score (nSPS) is 14.8. The molecule has 0 bridgehead atoms. The van der Waals surface area contributed by atoms with Crippen molar-refractivity contribution in [1.82, 2.24) is 15.1 Å². The minimum absolute atomic E-state index is 0.0863. The van der Waals surface area contributed by atoms with Gasteiger partial charge in [-0.25, -0.2) is 0 Å². The van der Waals surface area contributed by atoms with Crippen LogP contribution in [-0.2, 0) is 17.9 Å². The third-order valence-corrected chi connectivity index (χ3v) is 5.17. The van der Waals surface area contributed by atoms with E-state index in [1.54, 1.807) is 35.2 Å². The number of anilines is 1. The second kappa shape index (κ2) is 10.7. The molecule has 0 spiro atoms. The van der Waals surface area contributed by atoms with Crippen LogP contribution in [0.3, 0.4) is 0 Å². The molecule has 1 aliphatic heterocycles. The van der Waals surface area contributed by atoms with Crippen molar-refractivity contribution in [3.63, 3.8) is 0 Å². The predicted octanol–water partition coefficient (Wildman–Crippen LogP) is 3.22. The van der Waals surface area contributed by atoms with Crippen molar-refractivity contribution < 1.29 is 27.5 Å². The number of alkyl halides is 3. The predicted molar refractivity (Wildman–Crippen MR) is 118 cm³/mol. The molecule has 33 heavy (non-hydrogen) atoms. The zero-order valence-electron chi connectivity index (χ0n) is 18.5. The van der Waals surface area contributed by atoms with Crippen molar-refractivity contribution in [3.05, 3.63) is 59.2 Å². The molecular weight excluding hydrogens is 437 g/mol. The standard InChI is InChI=1S/C23H27F3N4O3/c1-16(31)28-20-12-18(11-19(13-20)22(32)30-9-7-29(2)8-10-30)15-27-14-17-3-5-21(6-4-17)33-23(24,25)26/h3-6,11-13,27H,7-10,14-15H2,1-2H3,(H,28,31). The van der Waals surface area contributed by atoms with Gasteiger partial charge < -0.3 is 25.2 Å². The molecule has 1 saturated heterocycles. The number of nitrogens with zero attached hydrogens (tertiary/aromatic N) is 2. The summed E-state index contributed by atoms with van der Waals surface area (Å²) in [6, 6.07) is 10.9. The number of ether oxygens (including phenoxy) is 1. The number of nitrogens with one attached hydrogen (secondary N) is 2.